The van der Waals surface area contributed by atoms with Crippen LogP contribution in [0.15, 0.2) is 46.9 Å². The molecule has 0 saturated carbocycles. The Balaban J connectivity index is 2.17. The first kappa shape index (κ1) is 13.6. The van der Waals surface area contributed by atoms with Crippen molar-refractivity contribution in [2.45, 2.75) is 6.42 Å². The van der Waals surface area contributed by atoms with Crippen molar-refractivity contribution >= 4 is 15.9 Å². The molecule has 4 heteroatoms. The molecule has 0 unspecified atom stereocenters. The second-order valence-corrected chi connectivity index (χ2v) is 4.92. The fraction of sp³-hybridized carbons (Fsp3) is 0.133. The summed E-state index contributed by atoms with van der Waals surface area (Å²) in [6, 6.07) is 14.8. The zero-order chi connectivity index (χ0) is 13.7. The fourth-order valence-corrected chi connectivity index (χ4v) is 2.15. The van der Waals surface area contributed by atoms with Crippen LogP contribution < -0.4 is 4.74 Å². The SMILES string of the molecule is N#Cc1cc(Br)cc(Oc2ccc(CCO)cc2)c1. The van der Waals surface area contributed by atoms with Gasteiger partial charge in [-0.3, -0.25) is 0 Å². The predicted octanol–water partition coefficient (Wildman–Crippen LogP) is 3.65. The molecule has 2 aromatic carbocycles. The fourth-order valence-electron chi connectivity index (χ4n) is 1.68. The maximum atomic E-state index is 8.90. The lowest BCUT2D eigenvalue weighted by Crippen LogP contribution is -1.91. The molecule has 0 radical (unpaired) electrons. The molecule has 0 bridgehead atoms. The number of nitriles is 1. The van der Waals surface area contributed by atoms with Gasteiger partial charge < -0.3 is 9.84 Å². The average Bonchev–Trinajstić information content (AvgIpc) is 2.40. The van der Waals surface area contributed by atoms with Gasteiger partial charge in [0.1, 0.15) is 11.5 Å². The van der Waals surface area contributed by atoms with Crippen LogP contribution in [-0.4, -0.2) is 11.7 Å². The van der Waals surface area contributed by atoms with Crippen LogP contribution in [0.3, 0.4) is 0 Å². The monoisotopic (exact) mass is 317 g/mol. The lowest BCUT2D eigenvalue weighted by molar-refractivity contribution is 0.299. The van der Waals surface area contributed by atoms with Crippen LogP contribution in [0.5, 0.6) is 11.5 Å². The molecule has 1 N–H and O–H groups in total. The summed E-state index contributed by atoms with van der Waals surface area (Å²) in [6.45, 7) is 0.136. The summed E-state index contributed by atoms with van der Waals surface area (Å²) in [4.78, 5) is 0. The van der Waals surface area contributed by atoms with E-state index in [-0.39, 0.29) is 6.61 Å². The highest BCUT2D eigenvalue weighted by Crippen LogP contribution is 2.26. The molecule has 0 aromatic heterocycles. The summed E-state index contributed by atoms with van der Waals surface area (Å²) >= 11 is 3.34. The number of aliphatic hydroxyl groups is 1. The molecule has 0 heterocycles. The lowest BCUT2D eigenvalue weighted by Gasteiger charge is -2.07. The van der Waals surface area contributed by atoms with E-state index in [9.17, 15) is 0 Å². The molecule has 96 valence electrons. The Bertz CT molecular complexity index is 603. The second-order valence-electron chi connectivity index (χ2n) is 4.01. The number of hydrogen-bond donors (Lipinski definition) is 1. The van der Waals surface area contributed by atoms with Crippen molar-refractivity contribution in [3.63, 3.8) is 0 Å². The summed E-state index contributed by atoms with van der Waals surface area (Å²) in [5.41, 5.74) is 1.60. The Labute approximate surface area is 120 Å². The average molecular weight is 318 g/mol. The highest BCUT2D eigenvalue weighted by molar-refractivity contribution is 9.10. The van der Waals surface area contributed by atoms with E-state index in [0.29, 0.717) is 23.5 Å². The summed E-state index contributed by atoms with van der Waals surface area (Å²) in [7, 11) is 0. The quantitative estimate of drug-likeness (QED) is 0.936. The van der Waals surface area contributed by atoms with Gasteiger partial charge in [0.2, 0.25) is 0 Å². The molecule has 0 aliphatic rings. The normalized spacial score (nSPS) is 9.95. The van der Waals surface area contributed by atoms with Gasteiger partial charge in [0.25, 0.3) is 0 Å². The summed E-state index contributed by atoms with van der Waals surface area (Å²) in [6.07, 6.45) is 0.635. The van der Waals surface area contributed by atoms with E-state index in [0.717, 1.165) is 10.0 Å². The predicted molar refractivity (Wildman–Crippen MR) is 76.2 cm³/mol. The maximum Gasteiger partial charge on any atom is 0.129 e. The van der Waals surface area contributed by atoms with Crippen LogP contribution in [0.4, 0.5) is 0 Å². The molecule has 0 atom stereocenters. The van der Waals surface area contributed by atoms with Crippen molar-refractivity contribution in [3.05, 3.63) is 58.1 Å². The van der Waals surface area contributed by atoms with Gasteiger partial charge in [-0.25, -0.2) is 0 Å². The zero-order valence-corrected chi connectivity index (χ0v) is 11.7. The lowest BCUT2D eigenvalue weighted by atomic mass is 10.1. The van der Waals surface area contributed by atoms with Gasteiger partial charge in [-0.2, -0.15) is 5.26 Å². The molecular weight excluding hydrogens is 306 g/mol. The Hall–Kier alpha value is -1.83. The van der Waals surface area contributed by atoms with Crippen LogP contribution in [-0.2, 0) is 6.42 Å². The topological polar surface area (TPSA) is 53.2 Å². The van der Waals surface area contributed by atoms with E-state index in [1.165, 1.54) is 0 Å². The van der Waals surface area contributed by atoms with Gasteiger partial charge in [0, 0.05) is 11.1 Å². The van der Waals surface area contributed by atoms with Gasteiger partial charge >= 0.3 is 0 Å². The minimum Gasteiger partial charge on any atom is -0.457 e. The zero-order valence-electron chi connectivity index (χ0n) is 10.1. The number of aliphatic hydroxyl groups excluding tert-OH is 1. The van der Waals surface area contributed by atoms with Crippen molar-refractivity contribution in [2.75, 3.05) is 6.61 Å². The van der Waals surface area contributed by atoms with Crippen LogP contribution in [0, 0.1) is 11.3 Å². The van der Waals surface area contributed by atoms with Gasteiger partial charge in [-0.1, -0.05) is 28.1 Å². The van der Waals surface area contributed by atoms with Gasteiger partial charge in [0.05, 0.1) is 11.6 Å². The number of rotatable bonds is 4. The Morgan fingerprint density at radius 3 is 2.47 bits per heavy atom. The van der Waals surface area contributed by atoms with Gasteiger partial charge in [0.15, 0.2) is 0 Å². The van der Waals surface area contributed by atoms with Crippen molar-refractivity contribution in [1.82, 2.24) is 0 Å². The first-order valence-electron chi connectivity index (χ1n) is 5.79. The van der Waals surface area contributed by atoms with E-state index in [1.54, 1.807) is 12.1 Å². The first-order chi connectivity index (χ1) is 9.21. The van der Waals surface area contributed by atoms with E-state index >= 15 is 0 Å². The molecule has 3 nitrogen and oxygen atoms in total. The maximum absolute atomic E-state index is 8.90. The number of ether oxygens (including phenoxy) is 1. The standard InChI is InChI=1S/C15H12BrNO2/c16-13-7-12(10-17)8-15(9-13)19-14-3-1-11(2-4-14)5-6-18/h1-4,7-9,18H,5-6H2. The van der Waals surface area contributed by atoms with E-state index in [1.807, 2.05) is 30.3 Å². The molecule has 2 aromatic rings. The van der Waals surface area contributed by atoms with Gasteiger partial charge in [-0.05, 0) is 42.3 Å². The van der Waals surface area contributed by atoms with Crippen molar-refractivity contribution in [3.8, 4) is 17.6 Å². The van der Waals surface area contributed by atoms with Crippen LogP contribution in [0.1, 0.15) is 11.1 Å². The highest BCUT2D eigenvalue weighted by Gasteiger charge is 2.02. The van der Waals surface area contributed by atoms with Gasteiger partial charge in [-0.15, -0.1) is 0 Å². The summed E-state index contributed by atoms with van der Waals surface area (Å²) in [5, 5.41) is 17.7. The van der Waals surface area contributed by atoms with E-state index in [2.05, 4.69) is 22.0 Å². The third kappa shape index (κ3) is 3.82. The third-order valence-electron chi connectivity index (χ3n) is 2.56. The molecule has 2 rings (SSSR count). The Kier molecular flexibility index (Phi) is 4.56. The van der Waals surface area contributed by atoms with Crippen LogP contribution >= 0.6 is 15.9 Å². The third-order valence-corrected chi connectivity index (χ3v) is 3.02. The minimum absolute atomic E-state index is 0.136. The van der Waals surface area contributed by atoms with E-state index < -0.39 is 0 Å². The molecule has 0 fully saturated rings. The Morgan fingerprint density at radius 2 is 1.84 bits per heavy atom. The van der Waals surface area contributed by atoms with Crippen molar-refractivity contribution in [1.29, 1.82) is 5.26 Å². The van der Waals surface area contributed by atoms with Crippen molar-refractivity contribution in [2.24, 2.45) is 0 Å². The molecule has 0 aliphatic heterocycles. The van der Waals surface area contributed by atoms with Crippen molar-refractivity contribution < 1.29 is 9.84 Å². The molecule has 0 aliphatic carbocycles. The molecule has 0 spiro atoms. The number of nitrogens with zero attached hydrogens (tertiary/aromatic N) is 1. The minimum atomic E-state index is 0.136. The Morgan fingerprint density at radius 1 is 1.11 bits per heavy atom. The number of halogens is 1. The number of hydrogen-bond acceptors (Lipinski definition) is 3. The van der Waals surface area contributed by atoms with E-state index in [4.69, 9.17) is 15.1 Å². The largest absolute Gasteiger partial charge is 0.457 e. The molecule has 0 amide bonds. The molecule has 19 heavy (non-hydrogen) atoms. The summed E-state index contributed by atoms with van der Waals surface area (Å²) in [5.74, 6) is 1.31. The molecular formula is C15H12BrNO2. The second kappa shape index (κ2) is 6.37. The number of benzene rings is 2. The first-order valence-corrected chi connectivity index (χ1v) is 6.59. The smallest absolute Gasteiger partial charge is 0.129 e. The van der Waals surface area contributed by atoms with Crippen LogP contribution in [0.2, 0.25) is 0 Å². The van der Waals surface area contributed by atoms with Crippen LogP contribution in [0.25, 0.3) is 0 Å². The highest BCUT2D eigenvalue weighted by atomic mass is 79.9. The summed E-state index contributed by atoms with van der Waals surface area (Å²) < 4.78 is 6.50. The molecule has 0 saturated heterocycles.